The lowest BCUT2D eigenvalue weighted by Gasteiger charge is -2.31. The lowest BCUT2D eigenvalue weighted by Crippen LogP contribution is -2.35. The lowest BCUT2D eigenvalue weighted by atomic mass is 9.91. The van der Waals surface area contributed by atoms with Crippen molar-refractivity contribution in [2.45, 2.75) is 47.1 Å². The zero-order valence-electron chi connectivity index (χ0n) is 22.9. The largest absolute Gasteiger partial charge is 0.493 e. The molecule has 1 amide bonds. The van der Waals surface area contributed by atoms with Crippen molar-refractivity contribution in [1.82, 2.24) is 20.2 Å². The summed E-state index contributed by atoms with van der Waals surface area (Å²) in [5.41, 5.74) is 6.52. The van der Waals surface area contributed by atoms with Crippen LogP contribution in [0.1, 0.15) is 50.4 Å². The van der Waals surface area contributed by atoms with Crippen molar-refractivity contribution >= 4 is 22.4 Å². The summed E-state index contributed by atoms with van der Waals surface area (Å²) < 4.78 is 5.71. The van der Waals surface area contributed by atoms with Crippen LogP contribution in [0.15, 0.2) is 88.8 Å². The maximum atomic E-state index is 13.8. The Hall–Kier alpha value is -4.39. The Bertz CT molecular complexity index is 1600. The number of H-pyrrole nitrogens is 1. The molecule has 39 heavy (non-hydrogen) atoms. The molecule has 0 radical (unpaired) electrons. The first-order valence-corrected chi connectivity index (χ1v) is 13.5. The molecule has 0 fully saturated rings. The van der Waals surface area contributed by atoms with E-state index in [9.17, 15) is 9.59 Å². The van der Waals surface area contributed by atoms with Crippen molar-refractivity contribution in [1.29, 1.82) is 0 Å². The number of para-hydroxylation sites is 1. The predicted octanol–water partition coefficient (Wildman–Crippen LogP) is 5.75. The quantitative estimate of drug-likeness (QED) is 0.413. The van der Waals surface area contributed by atoms with Crippen molar-refractivity contribution in [3.05, 3.63) is 111 Å². The van der Waals surface area contributed by atoms with Crippen LogP contribution in [0, 0.1) is 12.8 Å². The minimum absolute atomic E-state index is 0.0476. The van der Waals surface area contributed by atoms with E-state index >= 15 is 0 Å². The van der Waals surface area contributed by atoms with Crippen LogP contribution in [0.3, 0.4) is 0 Å². The number of hydrogen-bond acceptors (Lipinski definition) is 5. The van der Waals surface area contributed by atoms with Crippen LogP contribution in [0.2, 0.25) is 0 Å². The zero-order chi connectivity index (χ0) is 27.5. The minimum atomic E-state index is -0.270. The van der Waals surface area contributed by atoms with E-state index in [1.54, 1.807) is 6.07 Å². The summed E-state index contributed by atoms with van der Waals surface area (Å²) in [5, 5.41) is 4.02. The molecule has 7 heteroatoms. The molecule has 2 N–H and O–H groups in total. The maximum Gasteiger partial charge on any atom is 0.268 e. The summed E-state index contributed by atoms with van der Waals surface area (Å²) in [7, 11) is 0. The fraction of sp³-hybridized carbons (Fsp3) is 0.281. The van der Waals surface area contributed by atoms with Gasteiger partial charge in [-0.15, -0.1) is 0 Å². The number of nitrogens with zero attached hydrogens (tertiary/aromatic N) is 2. The molecule has 0 atom stereocenters. The molecule has 0 bridgehead atoms. The second kappa shape index (κ2) is 11.2. The molecule has 5 rings (SSSR count). The molecule has 2 aliphatic heterocycles. The molecule has 0 saturated heterocycles. The highest BCUT2D eigenvalue weighted by Gasteiger charge is 2.28. The Morgan fingerprint density at radius 1 is 1.21 bits per heavy atom. The Morgan fingerprint density at radius 3 is 2.82 bits per heavy atom. The van der Waals surface area contributed by atoms with E-state index in [4.69, 9.17) is 4.74 Å². The third-order valence-electron chi connectivity index (χ3n) is 7.11. The molecule has 3 aromatic rings. The van der Waals surface area contributed by atoms with Gasteiger partial charge in [-0.2, -0.15) is 0 Å². The standard InChI is InChI=1S/C32H34N4O3/c1-5-39-30-16-21(4)35-31(37)26(30)19-34-32(38)29-18-22(24-13-14-33-27-12-7-6-11-25(24)27)17-28-23(20(2)3)10-8-9-15-36(28)29/h6-7,9,11-18,20H,5,8,10,19H2,1-4H3,(H,34,38)(H,35,37). The van der Waals surface area contributed by atoms with Gasteiger partial charge in [-0.05, 0) is 79.7 Å². The number of allylic oxidation sites excluding steroid dienone is 5. The molecular formula is C32H34N4O3. The number of carbonyl (C=O) groups excluding carboxylic acids is 1. The number of aromatic amines is 1. The number of amides is 1. The van der Waals surface area contributed by atoms with E-state index in [0.29, 0.717) is 35.2 Å². The SMILES string of the molecule is CCOc1cc(C)[nH]c(=O)c1CNC(=O)C1=CC(c2ccnc3ccccc23)=CC2=C(C(C)C)CCC=CN12. The van der Waals surface area contributed by atoms with Gasteiger partial charge in [0.2, 0.25) is 0 Å². The highest BCUT2D eigenvalue weighted by molar-refractivity contribution is 6.01. The zero-order valence-corrected chi connectivity index (χ0v) is 22.9. The minimum Gasteiger partial charge on any atom is -0.493 e. The van der Waals surface area contributed by atoms with Gasteiger partial charge in [-0.25, -0.2) is 0 Å². The fourth-order valence-electron chi connectivity index (χ4n) is 5.22. The van der Waals surface area contributed by atoms with Crippen molar-refractivity contribution in [3.8, 4) is 5.75 Å². The predicted molar refractivity (Wildman–Crippen MR) is 155 cm³/mol. The highest BCUT2D eigenvalue weighted by Crippen LogP contribution is 2.37. The van der Waals surface area contributed by atoms with Crippen LogP contribution in [-0.4, -0.2) is 27.4 Å². The summed E-state index contributed by atoms with van der Waals surface area (Å²) in [6.45, 7) is 8.53. The second-order valence-electron chi connectivity index (χ2n) is 10.1. The van der Waals surface area contributed by atoms with Gasteiger partial charge in [-0.1, -0.05) is 38.1 Å². The number of nitrogens with one attached hydrogen (secondary N) is 2. The monoisotopic (exact) mass is 522 g/mol. The van der Waals surface area contributed by atoms with Gasteiger partial charge < -0.3 is 19.9 Å². The first kappa shape index (κ1) is 26.2. The summed E-state index contributed by atoms with van der Waals surface area (Å²) in [6.07, 6.45) is 11.8. The molecule has 1 aromatic carbocycles. The van der Waals surface area contributed by atoms with Gasteiger partial charge in [0, 0.05) is 29.2 Å². The van der Waals surface area contributed by atoms with Crippen LogP contribution in [0.5, 0.6) is 5.75 Å². The molecular weight excluding hydrogens is 488 g/mol. The Labute approximate surface area is 228 Å². The normalized spacial score (nSPS) is 15.2. The summed E-state index contributed by atoms with van der Waals surface area (Å²) in [6, 6.07) is 11.8. The van der Waals surface area contributed by atoms with Gasteiger partial charge >= 0.3 is 0 Å². The van der Waals surface area contributed by atoms with Crippen molar-refractivity contribution in [2.24, 2.45) is 5.92 Å². The number of ether oxygens (including phenoxy) is 1. The summed E-state index contributed by atoms with van der Waals surface area (Å²) in [5.74, 6) is 0.530. The van der Waals surface area contributed by atoms with Crippen LogP contribution in [0.4, 0.5) is 0 Å². The topological polar surface area (TPSA) is 87.3 Å². The van der Waals surface area contributed by atoms with Gasteiger partial charge in [0.25, 0.3) is 11.5 Å². The van der Waals surface area contributed by atoms with E-state index < -0.39 is 0 Å². The molecule has 0 unspecified atom stereocenters. The average molecular weight is 523 g/mol. The van der Waals surface area contributed by atoms with Crippen molar-refractivity contribution in [2.75, 3.05) is 6.61 Å². The van der Waals surface area contributed by atoms with Gasteiger partial charge in [-0.3, -0.25) is 14.6 Å². The third-order valence-corrected chi connectivity index (χ3v) is 7.11. The molecule has 0 spiro atoms. The smallest absolute Gasteiger partial charge is 0.268 e. The summed E-state index contributed by atoms with van der Waals surface area (Å²) >= 11 is 0. The molecule has 0 aliphatic carbocycles. The Kier molecular flexibility index (Phi) is 7.50. The number of carbonyl (C=O) groups is 1. The van der Waals surface area contributed by atoms with Gasteiger partial charge in [0.05, 0.1) is 24.2 Å². The number of fused-ring (bicyclic) bond motifs is 2. The van der Waals surface area contributed by atoms with E-state index in [1.165, 1.54) is 5.57 Å². The Balaban J connectivity index is 1.58. The molecule has 200 valence electrons. The van der Waals surface area contributed by atoms with Crippen LogP contribution in [-0.2, 0) is 11.3 Å². The number of hydrogen-bond donors (Lipinski definition) is 2. The van der Waals surface area contributed by atoms with E-state index in [2.05, 4.69) is 47.4 Å². The van der Waals surface area contributed by atoms with Crippen LogP contribution >= 0.6 is 0 Å². The molecule has 2 aromatic heterocycles. The van der Waals surface area contributed by atoms with Gasteiger partial charge in [0.15, 0.2) is 0 Å². The van der Waals surface area contributed by atoms with E-state index in [0.717, 1.165) is 40.6 Å². The number of aromatic nitrogens is 2. The lowest BCUT2D eigenvalue weighted by molar-refractivity contribution is -0.118. The third kappa shape index (κ3) is 5.30. The molecule has 4 heterocycles. The van der Waals surface area contributed by atoms with E-state index in [-0.39, 0.29) is 18.0 Å². The number of aryl methyl sites for hydroxylation is 1. The molecule has 7 nitrogen and oxygen atoms in total. The summed E-state index contributed by atoms with van der Waals surface area (Å²) in [4.78, 5) is 35.9. The number of benzene rings is 1. The van der Waals surface area contributed by atoms with Crippen molar-refractivity contribution in [3.63, 3.8) is 0 Å². The van der Waals surface area contributed by atoms with Gasteiger partial charge in [0.1, 0.15) is 11.4 Å². The highest BCUT2D eigenvalue weighted by atomic mass is 16.5. The molecule has 0 saturated carbocycles. The van der Waals surface area contributed by atoms with Crippen molar-refractivity contribution < 1.29 is 9.53 Å². The number of rotatable bonds is 7. The maximum absolute atomic E-state index is 13.8. The molecule has 2 aliphatic rings. The first-order chi connectivity index (χ1) is 18.9. The fourth-order valence-corrected chi connectivity index (χ4v) is 5.22. The van der Waals surface area contributed by atoms with E-state index in [1.807, 2.05) is 61.5 Å². The second-order valence-corrected chi connectivity index (χ2v) is 10.1. The van der Waals surface area contributed by atoms with Crippen LogP contribution < -0.4 is 15.6 Å². The average Bonchev–Trinajstić information content (AvgIpc) is 3.14. The first-order valence-electron chi connectivity index (χ1n) is 13.5. The Morgan fingerprint density at radius 2 is 2.03 bits per heavy atom. The number of pyridine rings is 2. The van der Waals surface area contributed by atoms with Crippen LogP contribution in [0.25, 0.3) is 16.5 Å².